The maximum Gasteiger partial charge on any atom is 0.188 e. The number of nitrogens with zero attached hydrogens (tertiary/aromatic N) is 2. The van der Waals surface area contributed by atoms with E-state index in [1.807, 2.05) is 18.7 Å². The molecule has 3 nitrogen and oxygen atoms in total. The minimum atomic E-state index is 0.577. The lowest BCUT2D eigenvalue weighted by atomic mass is 9.86. The van der Waals surface area contributed by atoms with Crippen molar-refractivity contribution in [2.45, 2.75) is 102 Å². The SMILES string of the molecule is CCCC1CCCCC1.Cc1cc(SC(C)C)cc(Nc2nc3c(s2)CCC3)n1. The zero-order valence-corrected chi connectivity index (χ0v) is 20.2. The van der Waals surface area contributed by atoms with E-state index in [1.165, 1.54) is 73.3 Å². The summed E-state index contributed by atoms with van der Waals surface area (Å²) in [5.41, 5.74) is 2.32. The van der Waals surface area contributed by atoms with Crippen molar-refractivity contribution in [1.82, 2.24) is 9.97 Å². The van der Waals surface area contributed by atoms with Crippen LogP contribution in [0.4, 0.5) is 10.9 Å². The van der Waals surface area contributed by atoms with Crippen LogP contribution in [-0.2, 0) is 12.8 Å². The van der Waals surface area contributed by atoms with Gasteiger partial charge < -0.3 is 5.32 Å². The quantitative estimate of drug-likeness (QED) is 0.471. The third-order valence-corrected chi connectivity index (χ3v) is 7.60. The topological polar surface area (TPSA) is 37.8 Å². The molecule has 2 aromatic rings. The number of fused-ring (bicyclic) bond motifs is 1. The van der Waals surface area contributed by atoms with Gasteiger partial charge in [0.2, 0.25) is 0 Å². The maximum atomic E-state index is 4.67. The molecule has 2 aliphatic rings. The minimum Gasteiger partial charge on any atom is -0.316 e. The van der Waals surface area contributed by atoms with Crippen molar-refractivity contribution in [3.63, 3.8) is 0 Å². The van der Waals surface area contributed by atoms with Crippen molar-refractivity contribution in [2.24, 2.45) is 5.92 Å². The van der Waals surface area contributed by atoms with Crippen LogP contribution in [0.15, 0.2) is 17.0 Å². The largest absolute Gasteiger partial charge is 0.316 e. The van der Waals surface area contributed by atoms with Gasteiger partial charge in [0.05, 0.1) is 5.69 Å². The molecule has 2 aliphatic carbocycles. The van der Waals surface area contributed by atoms with Gasteiger partial charge in [-0.3, -0.25) is 0 Å². The molecule has 0 saturated heterocycles. The Morgan fingerprint density at radius 2 is 1.90 bits per heavy atom. The summed E-state index contributed by atoms with van der Waals surface area (Å²) < 4.78 is 0. The van der Waals surface area contributed by atoms with Gasteiger partial charge in [-0.25, -0.2) is 9.97 Å². The van der Waals surface area contributed by atoms with Gasteiger partial charge in [0, 0.05) is 20.7 Å². The number of aromatic nitrogens is 2. The van der Waals surface area contributed by atoms with Crippen molar-refractivity contribution in [3.05, 3.63) is 28.4 Å². The predicted molar refractivity (Wildman–Crippen MR) is 129 cm³/mol. The van der Waals surface area contributed by atoms with Gasteiger partial charge in [0.15, 0.2) is 5.13 Å². The van der Waals surface area contributed by atoms with Crippen molar-refractivity contribution >= 4 is 34.0 Å². The molecule has 0 spiro atoms. The highest BCUT2D eigenvalue weighted by atomic mass is 32.2. The second-order valence-electron chi connectivity index (χ2n) is 8.66. The molecule has 1 N–H and O–H groups in total. The lowest BCUT2D eigenvalue weighted by Gasteiger charge is -2.20. The molecule has 5 heteroatoms. The van der Waals surface area contributed by atoms with E-state index in [0.29, 0.717) is 5.25 Å². The first-order chi connectivity index (χ1) is 14.0. The number of thioether (sulfide) groups is 1. The molecule has 2 heterocycles. The monoisotopic (exact) mass is 431 g/mol. The number of pyridine rings is 1. The summed E-state index contributed by atoms with van der Waals surface area (Å²) in [5, 5.41) is 4.93. The summed E-state index contributed by atoms with van der Waals surface area (Å²) in [6, 6.07) is 4.25. The van der Waals surface area contributed by atoms with Gasteiger partial charge in [-0.05, 0) is 44.2 Å². The van der Waals surface area contributed by atoms with E-state index in [2.05, 4.69) is 48.2 Å². The number of nitrogens with one attached hydrogen (secondary N) is 1. The van der Waals surface area contributed by atoms with E-state index in [1.54, 1.807) is 11.3 Å². The average Bonchev–Trinajstić information content (AvgIpc) is 3.24. The third kappa shape index (κ3) is 7.29. The van der Waals surface area contributed by atoms with Gasteiger partial charge in [-0.2, -0.15) is 0 Å². The van der Waals surface area contributed by atoms with Crippen molar-refractivity contribution < 1.29 is 0 Å². The fraction of sp³-hybridized carbons (Fsp3) is 0.667. The van der Waals surface area contributed by atoms with Crippen LogP contribution in [-0.4, -0.2) is 15.2 Å². The number of hydrogen-bond acceptors (Lipinski definition) is 5. The van der Waals surface area contributed by atoms with Crippen molar-refractivity contribution in [1.29, 1.82) is 0 Å². The zero-order chi connectivity index (χ0) is 20.6. The summed E-state index contributed by atoms with van der Waals surface area (Å²) in [4.78, 5) is 11.9. The Morgan fingerprint density at radius 1 is 1.10 bits per heavy atom. The Balaban J connectivity index is 0.000000224. The molecule has 0 amide bonds. The Bertz CT molecular complexity index is 739. The van der Waals surface area contributed by atoms with E-state index >= 15 is 0 Å². The van der Waals surface area contributed by atoms with Crippen LogP contribution in [0.2, 0.25) is 0 Å². The molecule has 160 valence electrons. The molecule has 0 bridgehead atoms. The van der Waals surface area contributed by atoms with E-state index in [0.717, 1.165) is 29.0 Å². The summed E-state index contributed by atoms with van der Waals surface area (Å²) >= 11 is 3.64. The number of thiazole rings is 1. The highest BCUT2D eigenvalue weighted by Gasteiger charge is 2.17. The van der Waals surface area contributed by atoms with Crippen LogP contribution in [0.3, 0.4) is 0 Å². The molecule has 0 unspecified atom stereocenters. The molecular formula is C24H37N3S2. The van der Waals surface area contributed by atoms with Crippen LogP contribution in [0.5, 0.6) is 0 Å². The van der Waals surface area contributed by atoms with E-state index in [4.69, 9.17) is 0 Å². The lowest BCUT2D eigenvalue weighted by Crippen LogP contribution is -2.04. The van der Waals surface area contributed by atoms with Gasteiger partial charge in [0.1, 0.15) is 5.82 Å². The summed E-state index contributed by atoms with van der Waals surface area (Å²) in [6.07, 6.45) is 14.0. The Labute approximate surface area is 185 Å². The first-order valence-electron chi connectivity index (χ1n) is 11.4. The molecule has 2 aromatic heterocycles. The van der Waals surface area contributed by atoms with Crippen LogP contribution in [0, 0.1) is 12.8 Å². The number of hydrogen-bond donors (Lipinski definition) is 1. The number of rotatable bonds is 6. The molecule has 4 rings (SSSR count). The standard InChI is InChI=1S/C15H19N3S2.C9H18/c1-9(2)19-11-7-10(3)16-14(8-11)18-15-17-12-5-4-6-13(12)20-15;1-2-6-9-7-4-3-5-8-9/h7-9H,4-6H2,1-3H3,(H,16,17,18);9H,2-8H2,1H3. The summed E-state index contributed by atoms with van der Waals surface area (Å²) in [7, 11) is 0. The first-order valence-corrected chi connectivity index (χ1v) is 13.1. The fourth-order valence-electron chi connectivity index (χ4n) is 4.28. The highest BCUT2D eigenvalue weighted by molar-refractivity contribution is 7.99. The van der Waals surface area contributed by atoms with Crippen molar-refractivity contribution in [2.75, 3.05) is 5.32 Å². The summed E-state index contributed by atoms with van der Waals surface area (Å²) in [5.74, 6) is 2.00. The molecule has 0 aromatic carbocycles. The van der Waals surface area contributed by atoms with Crippen LogP contribution < -0.4 is 5.32 Å². The smallest absolute Gasteiger partial charge is 0.188 e. The molecular weight excluding hydrogens is 394 g/mol. The normalized spacial score (nSPS) is 16.4. The molecule has 0 aliphatic heterocycles. The van der Waals surface area contributed by atoms with Crippen LogP contribution >= 0.6 is 23.1 Å². The molecule has 29 heavy (non-hydrogen) atoms. The maximum absolute atomic E-state index is 4.67. The second-order valence-corrected chi connectivity index (χ2v) is 11.4. The number of anilines is 2. The fourth-order valence-corrected chi connectivity index (χ4v) is 6.30. The third-order valence-electron chi connectivity index (χ3n) is 5.55. The van der Waals surface area contributed by atoms with E-state index in [9.17, 15) is 0 Å². The van der Waals surface area contributed by atoms with Gasteiger partial charge in [-0.1, -0.05) is 65.7 Å². The van der Waals surface area contributed by atoms with Crippen LogP contribution in [0.1, 0.15) is 88.4 Å². The Morgan fingerprint density at radius 3 is 2.59 bits per heavy atom. The Hall–Kier alpha value is -1.07. The summed E-state index contributed by atoms with van der Waals surface area (Å²) in [6.45, 7) is 8.75. The predicted octanol–water partition coefficient (Wildman–Crippen LogP) is 7.95. The number of aryl methyl sites for hydroxylation is 3. The average molecular weight is 432 g/mol. The first kappa shape index (κ1) is 22.6. The van der Waals surface area contributed by atoms with Crippen molar-refractivity contribution in [3.8, 4) is 0 Å². The molecule has 1 fully saturated rings. The zero-order valence-electron chi connectivity index (χ0n) is 18.6. The second kappa shape index (κ2) is 11.4. The molecule has 0 radical (unpaired) electrons. The van der Waals surface area contributed by atoms with Gasteiger partial charge in [-0.15, -0.1) is 23.1 Å². The van der Waals surface area contributed by atoms with Crippen LogP contribution in [0.25, 0.3) is 0 Å². The van der Waals surface area contributed by atoms with E-state index in [-0.39, 0.29) is 0 Å². The Kier molecular flexibility index (Phi) is 8.85. The van der Waals surface area contributed by atoms with Gasteiger partial charge >= 0.3 is 0 Å². The molecule has 1 saturated carbocycles. The van der Waals surface area contributed by atoms with Gasteiger partial charge in [0.25, 0.3) is 0 Å². The van der Waals surface area contributed by atoms with E-state index < -0.39 is 0 Å². The lowest BCUT2D eigenvalue weighted by molar-refractivity contribution is 0.336. The highest BCUT2D eigenvalue weighted by Crippen LogP contribution is 2.33. The minimum absolute atomic E-state index is 0.577. The molecule has 0 atom stereocenters.